The van der Waals surface area contributed by atoms with Gasteiger partial charge in [0.25, 0.3) is 15.9 Å². The van der Waals surface area contributed by atoms with Crippen molar-refractivity contribution < 1.29 is 13.2 Å². The first kappa shape index (κ1) is 27.7. The number of hydrogen-bond acceptors (Lipinski definition) is 4. The minimum atomic E-state index is -4.04. The Bertz CT molecular complexity index is 1600. The molecule has 4 aromatic rings. The summed E-state index contributed by atoms with van der Waals surface area (Å²) in [6.07, 6.45) is 1.49. The van der Waals surface area contributed by atoms with Crippen molar-refractivity contribution in [2.45, 2.75) is 18.7 Å². The van der Waals surface area contributed by atoms with Crippen LogP contribution in [0, 0.1) is 13.8 Å². The smallest absolute Gasteiger partial charge is 0.264 e. The lowest BCUT2D eigenvalue weighted by atomic mass is 10.2. The third kappa shape index (κ3) is 6.05. The lowest BCUT2D eigenvalue weighted by molar-refractivity contribution is -0.119. The first-order chi connectivity index (χ1) is 18.1. The van der Waals surface area contributed by atoms with E-state index in [1.807, 2.05) is 24.5 Å². The van der Waals surface area contributed by atoms with Crippen LogP contribution < -0.4 is 9.73 Å². The van der Waals surface area contributed by atoms with E-state index in [1.54, 1.807) is 48.5 Å². The van der Waals surface area contributed by atoms with E-state index in [1.165, 1.54) is 30.5 Å². The zero-order chi connectivity index (χ0) is 27.4. The van der Waals surface area contributed by atoms with Crippen molar-refractivity contribution in [2.75, 3.05) is 10.8 Å². The van der Waals surface area contributed by atoms with Gasteiger partial charge in [0.05, 0.1) is 27.5 Å². The van der Waals surface area contributed by atoms with Crippen LogP contribution in [0.4, 0.5) is 5.69 Å². The first-order valence-corrected chi connectivity index (χ1v) is 13.9. The topological polar surface area (TPSA) is 83.8 Å². The number of benzene rings is 3. The van der Waals surface area contributed by atoms with E-state index in [0.717, 1.165) is 26.9 Å². The maximum atomic E-state index is 13.4. The molecular formula is C27H23Cl3N4O3S. The van der Waals surface area contributed by atoms with Crippen LogP contribution in [0.2, 0.25) is 15.1 Å². The first-order valence-electron chi connectivity index (χ1n) is 11.4. The number of aryl methyl sites for hydroxylation is 1. The summed E-state index contributed by atoms with van der Waals surface area (Å²) < 4.78 is 29.7. The van der Waals surface area contributed by atoms with Gasteiger partial charge in [-0.3, -0.25) is 9.10 Å². The van der Waals surface area contributed by atoms with Gasteiger partial charge in [-0.15, -0.1) is 0 Å². The molecule has 11 heteroatoms. The Morgan fingerprint density at radius 3 is 2.29 bits per heavy atom. The van der Waals surface area contributed by atoms with Crippen LogP contribution in [-0.4, -0.2) is 31.7 Å². The summed E-state index contributed by atoms with van der Waals surface area (Å²) in [5, 5.41) is 5.60. The van der Waals surface area contributed by atoms with Crippen LogP contribution in [0.15, 0.2) is 88.9 Å². The molecule has 0 saturated carbocycles. The Morgan fingerprint density at radius 2 is 1.61 bits per heavy atom. The Kier molecular flexibility index (Phi) is 8.47. The molecule has 0 radical (unpaired) electrons. The van der Waals surface area contributed by atoms with Crippen molar-refractivity contribution in [1.29, 1.82) is 0 Å². The van der Waals surface area contributed by atoms with Gasteiger partial charge in [-0.2, -0.15) is 5.10 Å². The van der Waals surface area contributed by atoms with Crippen molar-refractivity contribution in [3.8, 4) is 5.69 Å². The number of carbonyl (C=O) groups excluding carboxylic acids is 1. The normalized spacial score (nSPS) is 11.6. The predicted molar refractivity (Wildman–Crippen MR) is 153 cm³/mol. The van der Waals surface area contributed by atoms with Gasteiger partial charge in [0.15, 0.2) is 0 Å². The lowest BCUT2D eigenvalue weighted by Crippen LogP contribution is -2.39. The van der Waals surface area contributed by atoms with Crippen LogP contribution in [0.25, 0.3) is 5.69 Å². The van der Waals surface area contributed by atoms with Gasteiger partial charge in [-0.1, -0.05) is 53.0 Å². The molecule has 1 amide bonds. The summed E-state index contributed by atoms with van der Waals surface area (Å²) in [7, 11) is -4.04. The number of anilines is 1. The molecule has 1 N–H and O–H groups in total. The molecule has 3 aromatic carbocycles. The molecule has 7 nitrogen and oxygen atoms in total. The fourth-order valence-electron chi connectivity index (χ4n) is 3.93. The van der Waals surface area contributed by atoms with Gasteiger partial charge < -0.3 is 4.57 Å². The summed E-state index contributed by atoms with van der Waals surface area (Å²) in [4.78, 5) is 12.9. The van der Waals surface area contributed by atoms with Crippen molar-refractivity contribution in [2.24, 2.45) is 5.10 Å². The number of rotatable bonds is 8. The van der Waals surface area contributed by atoms with E-state index < -0.39 is 22.5 Å². The van der Waals surface area contributed by atoms with Crippen LogP contribution >= 0.6 is 34.8 Å². The number of halogens is 3. The molecule has 1 aromatic heterocycles. The molecule has 0 aliphatic carbocycles. The number of hydrogen-bond donors (Lipinski definition) is 1. The molecule has 196 valence electrons. The van der Waals surface area contributed by atoms with Crippen molar-refractivity contribution in [3.05, 3.63) is 111 Å². The Hall–Kier alpha value is -3.30. The fraction of sp³-hybridized carbons (Fsp3) is 0.111. The number of sulfonamides is 1. The second kappa shape index (κ2) is 11.6. The zero-order valence-electron chi connectivity index (χ0n) is 20.4. The molecule has 0 unspecified atom stereocenters. The van der Waals surface area contributed by atoms with E-state index >= 15 is 0 Å². The van der Waals surface area contributed by atoms with Gasteiger partial charge >= 0.3 is 0 Å². The minimum absolute atomic E-state index is 0.0540. The summed E-state index contributed by atoms with van der Waals surface area (Å²) in [5.74, 6) is -0.623. The Labute approximate surface area is 236 Å². The average Bonchev–Trinajstić information content (AvgIpc) is 3.17. The Balaban J connectivity index is 1.55. The second-order valence-corrected chi connectivity index (χ2v) is 11.5. The third-order valence-corrected chi connectivity index (χ3v) is 8.34. The van der Waals surface area contributed by atoms with Crippen molar-refractivity contribution >= 4 is 62.6 Å². The molecule has 0 atom stereocenters. The molecule has 0 spiro atoms. The number of amides is 1. The largest absolute Gasteiger partial charge is 0.316 e. The van der Waals surface area contributed by atoms with E-state index in [9.17, 15) is 13.2 Å². The maximum Gasteiger partial charge on any atom is 0.264 e. The third-order valence-electron chi connectivity index (χ3n) is 5.75. The number of nitrogens with zero attached hydrogens (tertiary/aromatic N) is 3. The molecule has 0 saturated heterocycles. The summed E-state index contributed by atoms with van der Waals surface area (Å²) >= 11 is 18.5. The van der Waals surface area contributed by atoms with E-state index in [-0.39, 0.29) is 4.90 Å². The summed E-state index contributed by atoms with van der Waals surface area (Å²) in [6.45, 7) is 3.31. The molecule has 0 bridgehead atoms. The number of hydrazone groups is 1. The van der Waals surface area contributed by atoms with Crippen LogP contribution in [-0.2, 0) is 14.8 Å². The average molecular weight is 590 g/mol. The van der Waals surface area contributed by atoms with Gasteiger partial charge in [-0.25, -0.2) is 13.8 Å². The molecule has 4 rings (SSSR count). The van der Waals surface area contributed by atoms with Gasteiger partial charge in [-0.05, 0) is 74.5 Å². The molecule has 0 aliphatic rings. The van der Waals surface area contributed by atoms with E-state index in [0.29, 0.717) is 20.8 Å². The van der Waals surface area contributed by atoms with E-state index in [4.69, 9.17) is 34.8 Å². The fourth-order valence-corrected chi connectivity index (χ4v) is 5.86. The lowest BCUT2D eigenvalue weighted by Gasteiger charge is -2.23. The van der Waals surface area contributed by atoms with Gasteiger partial charge in [0, 0.05) is 27.0 Å². The van der Waals surface area contributed by atoms with Crippen LogP contribution in [0.1, 0.15) is 17.0 Å². The number of aromatic nitrogens is 1. The highest BCUT2D eigenvalue weighted by molar-refractivity contribution is 7.92. The standard InChI is InChI=1S/C27H23Cl3N4O3S/c1-18-14-20(19(2)34(18)26-15-22(29)10-13-25(26)30)16-31-32-27(35)17-33(23-11-8-21(28)9-12-23)38(36,37)24-6-4-3-5-7-24/h3-16H,17H2,1-2H3,(H,32,35)/b31-16+. The van der Waals surface area contributed by atoms with Crippen molar-refractivity contribution in [1.82, 2.24) is 9.99 Å². The highest BCUT2D eigenvalue weighted by Crippen LogP contribution is 2.29. The van der Waals surface area contributed by atoms with Crippen LogP contribution in [0.5, 0.6) is 0 Å². The molecule has 38 heavy (non-hydrogen) atoms. The zero-order valence-corrected chi connectivity index (χ0v) is 23.5. The van der Waals surface area contributed by atoms with Gasteiger partial charge in [0.1, 0.15) is 6.54 Å². The maximum absolute atomic E-state index is 13.4. The van der Waals surface area contributed by atoms with Crippen LogP contribution in [0.3, 0.4) is 0 Å². The molecular weight excluding hydrogens is 567 g/mol. The minimum Gasteiger partial charge on any atom is -0.316 e. The number of carbonyl (C=O) groups is 1. The van der Waals surface area contributed by atoms with E-state index in [2.05, 4.69) is 10.5 Å². The number of nitrogens with one attached hydrogen (secondary N) is 1. The van der Waals surface area contributed by atoms with Crippen molar-refractivity contribution in [3.63, 3.8) is 0 Å². The summed E-state index contributed by atoms with van der Waals surface area (Å²) in [5.41, 5.74) is 5.90. The Morgan fingerprint density at radius 1 is 0.947 bits per heavy atom. The predicted octanol–water partition coefficient (Wildman–Crippen LogP) is 6.40. The monoisotopic (exact) mass is 588 g/mol. The molecule has 0 aliphatic heterocycles. The summed E-state index contributed by atoms with van der Waals surface area (Å²) in [6, 6.07) is 21.2. The highest BCUT2D eigenvalue weighted by Gasteiger charge is 2.27. The highest BCUT2D eigenvalue weighted by atomic mass is 35.5. The molecule has 0 fully saturated rings. The quantitative estimate of drug-likeness (QED) is 0.191. The molecule has 1 heterocycles. The second-order valence-electron chi connectivity index (χ2n) is 8.35. The van der Waals surface area contributed by atoms with Gasteiger partial charge in [0.2, 0.25) is 0 Å². The SMILES string of the molecule is Cc1cc(/C=N/NC(=O)CN(c2ccc(Cl)cc2)S(=O)(=O)c2ccccc2)c(C)n1-c1cc(Cl)ccc1Cl.